The standard InChI is InChI=1S/C33H37NO6/c35-26-11-9-25(10-12-26)30(22-24-7-13-27(14-8-24)38-21-19-34-17-3-1-4-18-34)33(37)29-16-15-28(23-31(29)36)40-32-6-2-5-20-39-32/h7-16,22-23,32,35-36H,1-6,17-21H2. The maximum Gasteiger partial charge on any atom is 0.199 e. The number of nitrogens with zero attached hydrogens (tertiary/aromatic N) is 1. The summed E-state index contributed by atoms with van der Waals surface area (Å²) in [5, 5.41) is 20.6. The van der Waals surface area contributed by atoms with Crippen LogP contribution < -0.4 is 9.47 Å². The quantitative estimate of drug-likeness (QED) is 0.176. The van der Waals surface area contributed by atoms with Crippen LogP contribution in [0, 0.1) is 0 Å². The molecule has 1 atom stereocenters. The zero-order valence-corrected chi connectivity index (χ0v) is 22.8. The van der Waals surface area contributed by atoms with Crippen molar-refractivity contribution in [2.45, 2.75) is 44.8 Å². The largest absolute Gasteiger partial charge is 0.508 e. The average Bonchev–Trinajstić information content (AvgIpc) is 2.98. The monoisotopic (exact) mass is 543 g/mol. The normalized spacial score (nSPS) is 18.3. The third kappa shape index (κ3) is 7.43. The summed E-state index contributed by atoms with van der Waals surface area (Å²) in [5.41, 5.74) is 1.99. The van der Waals surface area contributed by atoms with Crippen LogP contribution in [-0.2, 0) is 4.74 Å². The van der Waals surface area contributed by atoms with Crippen LogP contribution in [0.5, 0.6) is 23.0 Å². The molecule has 0 aromatic heterocycles. The summed E-state index contributed by atoms with van der Waals surface area (Å²) in [6.07, 6.45) is 8.10. The van der Waals surface area contributed by atoms with Gasteiger partial charge in [-0.2, -0.15) is 0 Å². The highest BCUT2D eigenvalue weighted by atomic mass is 16.7. The zero-order chi connectivity index (χ0) is 27.7. The number of ketones is 1. The lowest BCUT2D eigenvalue weighted by atomic mass is 9.94. The van der Waals surface area contributed by atoms with Crippen molar-refractivity contribution in [1.29, 1.82) is 0 Å². The molecular formula is C33H37NO6. The van der Waals surface area contributed by atoms with Gasteiger partial charge in [0, 0.05) is 24.6 Å². The van der Waals surface area contributed by atoms with E-state index in [9.17, 15) is 15.0 Å². The second kappa shape index (κ2) is 13.5. The Hall–Kier alpha value is -3.81. The van der Waals surface area contributed by atoms with Crippen LogP contribution in [-0.4, -0.2) is 60.0 Å². The van der Waals surface area contributed by atoms with Crippen LogP contribution in [0.3, 0.4) is 0 Å². The first-order valence-corrected chi connectivity index (χ1v) is 14.2. The Morgan fingerprint density at radius 1 is 0.900 bits per heavy atom. The Bertz CT molecular complexity index is 1290. The molecule has 0 saturated carbocycles. The van der Waals surface area contributed by atoms with E-state index in [0.29, 0.717) is 30.1 Å². The van der Waals surface area contributed by atoms with Gasteiger partial charge >= 0.3 is 0 Å². The summed E-state index contributed by atoms with van der Waals surface area (Å²) in [4.78, 5) is 16.2. The van der Waals surface area contributed by atoms with Crippen LogP contribution in [0.25, 0.3) is 11.6 Å². The number of ether oxygens (including phenoxy) is 3. The lowest BCUT2D eigenvalue weighted by Crippen LogP contribution is -2.33. The highest BCUT2D eigenvalue weighted by Gasteiger charge is 2.21. The molecule has 1 unspecified atom stereocenters. The molecule has 2 heterocycles. The molecule has 5 rings (SSSR count). The summed E-state index contributed by atoms with van der Waals surface area (Å²) in [6.45, 7) is 4.49. The molecule has 0 aliphatic carbocycles. The molecule has 0 amide bonds. The SMILES string of the molecule is O=C(C(=Cc1ccc(OCCN2CCCCC2)cc1)c1ccc(O)cc1)c1ccc(OC2CCCCO2)cc1O. The summed E-state index contributed by atoms with van der Waals surface area (Å²) in [5.74, 6) is 0.829. The van der Waals surface area contributed by atoms with Crippen LogP contribution >= 0.6 is 0 Å². The molecule has 0 spiro atoms. The van der Waals surface area contributed by atoms with Gasteiger partial charge in [0.05, 0.1) is 12.2 Å². The topological polar surface area (TPSA) is 88.5 Å². The summed E-state index contributed by atoms with van der Waals surface area (Å²) in [7, 11) is 0. The number of carbonyl (C=O) groups is 1. The van der Waals surface area contributed by atoms with Gasteiger partial charge in [-0.15, -0.1) is 0 Å². The molecule has 2 N–H and O–H groups in total. The van der Waals surface area contributed by atoms with Crippen molar-refractivity contribution < 1.29 is 29.2 Å². The maximum absolute atomic E-state index is 13.7. The molecule has 3 aromatic rings. The fourth-order valence-corrected chi connectivity index (χ4v) is 5.10. The summed E-state index contributed by atoms with van der Waals surface area (Å²) in [6, 6.07) is 18.8. The van der Waals surface area contributed by atoms with Gasteiger partial charge in [0.15, 0.2) is 12.1 Å². The lowest BCUT2D eigenvalue weighted by Gasteiger charge is -2.26. The number of phenolic OH excluding ortho intramolecular Hbond substituents is 2. The minimum Gasteiger partial charge on any atom is -0.508 e. The van der Waals surface area contributed by atoms with Gasteiger partial charge in [-0.3, -0.25) is 9.69 Å². The molecule has 7 heteroatoms. The van der Waals surface area contributed by atoms with Gasteiger partial charge in [0.2, 0.25) is 0 Å². The number of aromatic hydroxyl groups is 2. The first-order chi connectivity index (χ1) is 19.5. The lowest BCUT2D eigenvalue weighted by molar-refractivity contribution is -0.105. The average molecular weight is 544 g/mol. The fourth-order valence-electron chi connectivity index (χ4n) is 5.10. The number of hydrogen-bond donors (Lipinski definition) is 2. The van der Waals surface area contributed by atoms with E-state index in [-0.39, 0.29) is 29.1 Å². The van der Waals surface area contributed by atoms with E-state index >= 15 is 0 Å². The molecule has 2 aliphatic rings. The van der Waals surface area contributed by atoms with E-state index < -0.39 is 0 Å². The number of phenols is 2. The summed E-state index contributed by atoms with van der Waals surface area (Å²) >= 11 is 0. The minimum atomic E-state index is -0.348. The predicted molar refractivity (Wildman–Crippen MR) is 155 cm³/mol. The van der Waals surface area contributed by atoms with Crippen LogP contribution in [0.4, 0.5) is 0 Å². The molecule has 7 nitrogen and oxygen atoms in total. The number of rotatable bonds is 10. The second-order valence-electron chi connectivity index (χ2n) is 10.3. The molecule has 0 radical (unpaired) electrons. The Morgan fingerprint density at radius 3 is 2.35 bits per heavy atom. The van der Waals surface area contributed by atoms with Crippen molar-refractivity contribution in [3.63, 3.8) is 0 Å². The molecule has 0 bridgehead atoms. The first-order valence-electron chi connectivity index (χ1n) is 14.2. The highest BCUT2D eigenvalue weighted by Crippen LogP contribution is 2.32. The van der Waals surface area contributed by atoms with Crippen LogP contribution in [0.1, 0.15) is 60.0 Å². The van der Waals surface area contributed by atoms with Crippen LogP contribution in [0.2, 0.25) is 0 Å². The minimum absolute atomic E-state index is 0.107. The van der Waals surface area contributed by atoms with Gasteiger partial charge in [0.1, 0.15) is 29.6 Å². The number of piperidine rings is 1. The van der Waals surface area contributed by atoms with E-state index in [1.807, 2.05) is 24.3 Å². The number of Topliss-reactive ketones (excluding diaryl/α,β-unsaturated/α-hetero) is 1. The molecule has 2 aliphatic heterocycles. The Balaban J connectivity index is 1.32. The van der Waals surface area contributed by atoms with Gasteiger partial charge in [-0.05, 0) is 92.4 Å². The molecular weight excluding hydrogens is 506 g/mol. The number of hydrogen-bond acceptors (Lipinski definition) is 7. The molecule has 40 heavy (non-hydrogen) atoms. The predicted octanol–water partition coefficient (Wildman–Crippen LogP) is 6.29. The van der Waals surface area contributed by atoms with Crippen molar-refractivity contribution in [3.05, 3.63) is 83.4 Å². The van der Waals surface area contributed by atoms with Gasteiger partial charge in [-0.25, -0.2) is 0 Å². The zero-order valence-electron chi connectivity index (χ0n) is 22.8. The highest BCUT2D eigenvalue weighted by molar-refractivity contribution is 6.33. The van der Waals surface area contributed by atoms with E-state index in [0.717, 1.165) is 50.2 Å². The molecule has 210 valence electrons. The van der Waals surface area contributed by atoms with E-state index in [1.165, 1.54) is 37.5 Å². The first kappa shape index (κ1) is 27.7. The molecule has 2 saturated heterocycles. The van der Waals surface area contributed by atoms with Crippen molar-refractivity contribution in [2.75, 3.05) is 32.8 Å². The number of likely N-dealkylation sites (tertiary alicyclic amines) is 1. The van der Waals surface area contributed by atoms with Crippen molar-refractivity contribution in [2.24, 2.45) is 0 Å². The second-order valence-corrected chi connectivity index (χ2v) is 10.3. The van der Waals surface area contributed by atoms with E-state index in [1.54, 1.807) is 30.3 Å². The maximum atomic E-state index is 13.7. The van der Waals surface area contributed by atoms with Crippen molar-refractivity contribution in [3.8, 4) is 23.0 Å². The van der Waals surface area contributed by atoms with Gasteiger partial charge < -0.3 is 24.4 Å². The van der Waals surface area contributed by atoms with E-state index in [4.69, 9.17) is 14.2 Å². The summed E-state index contributed by atoms with van der Waals surface area (Å²) < 4.78 is 17.4. The van der Waals surface area contributed by atoms with Crippen molar-refractivity contribution >= 4 is 17.4 Å². The fraction of sp³-hybridized carbons (Fsp3) is 0.364. The number of allylic oxidation sites excluding steroid dienone is 1. The van der Waals surface area contributed by atoms with Gasteiger partial charge in [0.25, 0.3) is 0 Å². The van der Waals surface area contributed by atoms with Crippen molar-refractivity contribution in [1.82, 2.24) is 4.90 Å². The third-order valence-electron chi connectivity index (χ3n) is 7.36. The molecule has 2 fully saturated rings. The Morgan fingerprint density at radius 2 is 1.65 bits per heavy atom. The Labute approximate surface area is 235 Å². The van der Waals surface area contributed by atoms with Crippen LogP contribution in [0.15, 0.2) is 66.7 Å². The number of benzene rings is 3. The van der Waals surface area contributed by atoms with E-state index in [2.05, 4.69) is 4.90 Å². The third-order valence-corrected chi connectivity index (χ3v) is 7.36. The number of carbonyl (C=O) groups excluding carboxylic acids is 1. The van der Waals surface area contributed by atoms with Gasteiger partial charge in [-0.1, -0.05) is 30.7 Å². The smallest absolute Gasteiger partial charge is 0.199 e. The molecule has 3 aromatic carbocycles. The Kier molecular flexibility index (Phi) is 9.37.